The molecule has 134 valence electrons. The first-order chi connectivity index (χ1) is 11.9. The number of nitrogens with zero attached hydrogens (tertiary/aromatic N) is 2. The molecule has 0 unspecified atom stereocenters. The second-order valence-corrected chi connectivity index (χ2v) is 7.92. The lowest BCUT2D eigenvalue weighted by Crippen LogP contribution is -2.37. The first-order valence-electron chi connectivity index (χ1n) is 9.01. The molecule has 2 atom stereocenters. The van der Waals surface area contributed by atoms with Crippen LogP contribution in [-0.4, -0.2) is 22.0 Å². The van der Waals surface area contributed by atoms with Crippen molar-refractivity contribution in [3.05, 3.63) is 53.6 Å². The maximum atomic E-state index is 11.9. The zero-order valence-electron chi connectivity index (χ0n) is 15.3. The molecule has 0 fully saturated rings. The zero-order valence-corrected chi connectivity index (χ0v) is 15.3. The second-order valence-electron chi connectivity index (χ2n) is 7.92. The summed E-state index contributed by atoms with van der Waals surface area (Å²) in [7, 11) is 0. The van der Waals surface area contributed by atoms with Crippen LogP contribution in [0.25, 0.3) is 0 Å². The maximum absolute atomic E-state index is 11.9. The van der Waals surface area contributed by atoms with E-state index < -0.39 is 6.04 Å². The maximum Gasteiger partial charge on any atom is 0.239 e. The van der Waals surface area contributed by atoms with Crippen LogP contribution >= 0.6 is 0 Å². The van der Waals surface area contributed by atoms with Crippen LogP contribution in [0.2, 0.25) is 0 Å². The zero-order chi connectivity index (χ0) is 18.0. The number of aryl methyl sites for hydroxylation is 1. The van der Waals surface area contributed by atoms with Crippen molar-refractivity contribution >= 4 is 5.91 Å². The normalized spacial score (nSPS) is 18.6. The Morgan fingerprint density at radius 2 is 2.08 bits per heavy atom. The van der Waals surface area contributed by atoms with E-state index >= 15 is 0 Å². The molecule has 2 aromatic rings. The fraction of sp³-hybridized carbons (Fsp3) is 0.500. The lowest BCUT2D eigenvalue weighted by atomic mass is 9.93. The Balaban J connectivity index is 1.76. The topological polar surface area (TPSA) is 72.9 Å². The summed E-state index contributed by atoms with van der Waals surface area (Å²) >= 11 is 0. The van der Waals surface area contributed by atoms with Crippen molar-refractivity contribution in [2.45, 2.75) is 57.5 Å². The summed E-state index contributed by atoms with van der Waals surface area (Å²) in [4.78, 5) is 16.8. The first-order valence-corrected chi connectivity index (χ1v) is 9.01. The highest BCUT2D eigenvalue weighted by molar-refractivity contribution is 5.81. The van der Waals surface area contributed by atoms with Gasteiger partial charge in [-0.15, -0.1) is 0 Å². The van der Waals surface area contributed by atoms with E-state index in [0.29, 0.717) is 12.5 Å². The standard InChI is InChI=1S/C20H28N4O/c1-20(2,3)16-13-24-11-7-10-15(19(24)23-16)12-22-17(18(21)25)14-8-5-4-6-9-14/h4-6,8-9,13,15,17,22H,7,10-12H2,1-3H3,(H2,21,25)/t15-,17-/m1/s1. The SMILES string of the molecule is CC(C)(C)c1cn2c(n1)[C@@H](CN[C@@H](C(N)=O)c1ccccc1)CCC2. The number of nitrogens with two attached hydrogens (primary N) is 1. The number of fused-ring (bicyclic) bond motifs is 1. The van der Waals surface area contributed by atoms with Gasteiger partial charge in [-0.1, -0.05) is 51.1 Å². The van der Waals surface area contributed by atoms with Crippen LogP contribution in [0, 0.1) is 0 Å². The lowest BCUT2D eigenvalue weighted by molar-refractivity contribution is -0.120. The number of carbonyl (C=O) groups excluding carboxylic acids is 1. The molecule has 0 bridgehead atoms. The molecule has 1 amide bonds. The summed E-state index contributed by atoms with van der Waals surface area (Å²) in [5.41, 5.74) is 7.70. The Morgan fingerprint density at radius 1 is 1.36 bits per heavy atom. The summed E-state index contributed by atoms with van der Waals surface area (Å²) < 4.78 is 2.28. The van der Waals surface area contributed by atoms with Gasteiger partial charge in [0.1, 0.15) is 11.9 Å². The van der Waals surface area contributed by atoms with E-state index in [1.165, 1.54) is 0 Å². The van der Waals surface area contributed by atoms with Gasteiger partial charge in [-0.05, 0) is 18.4 Å². The third kappa shape index (κ3) is 3.93. The van der Waals surface area contributed by atoms with E-state index in [9.17, 15) is 4.79 Å². The van der Waals surface area contributed by atoms with Crippen LogP contribution < -0.4 is 11.1 Å². The fourth-order valence-corrected chi connectivity index (χ4v) is 3.42. The van der Waals surface area contributed by atoms with E-state index in [1.54, 1.807) is 0 Å². The number of amides is 1. The van der Waals surface area contributed by atoms with Gasteiger partial charge in [-0.25, -0.2) is 4.98 Å². The molecule has 1 aliphatic heterocycles. The third-order valence-corrected chi connectivity index (χ3v) is 4.88. The smallest absolute Gasteiger partial charge is 0.239 e. The van der Waals surface area contributed by atoms with E-state index in [1.807, 2.05) is 30.3 Å². The molecular formula is C20H28N4O. The van der Waals surface area contributed by atoms with Gasteiger partial charge in [-0.3, -0.25) is 4.79 Å². The second kappa shape index (κ2) is 7.00. The van der Waals surface area contributed by atoms with E-state index in [0.717, 1.165) is 36.5 Å². The van der Waals surface area contributed by atoms with Crippen molar-refractivity contribution in [2.75, 3.05) is 6.54 Å². The van der Waals surface area contributed by atoms with Gasteiger partial charge >= 0.3 is 0 Å². The minimum absolute atomic E-state index is 0.0438. The van der Waals surface area contributed by atoms with Gasteiger partial charge in [0.15, 0.2) is 0 Å². The molecule has 2 heterocycles. The Hall–Kier alpha value is -2.14. The number of benzene rings is 1. The Morgan fingerprint density at radius 3 is 2.72 bits per heavy atom. The van der Waals surface area contributed by atoms with E-state index in [2.05, 4.69) is 36.9 Å². The van der Waals surface area contributed by atoms with Gasteiger partial charge in [0.2, 0.25) is 5.91 Å². The van der Waals surface area contributed by atoms with Gasteiger partial charge in [0, 0.05) is 30.6 Å². The van der Waals surface area contributed by atoms with Crippen molar-refractivity contribution in [1.82, 2.24) is 14.9 Å². The van der Waals surface area contributed by atoms with Crippen LogP contribution in [0.4, 0.5) is 0 Å². The third-order valence-electron chi connectivity index (χ3n) is 4.88. The van der Waals surface area contributed by atoms with Crippen LogP contribution in [0.15, 0.2) is 36.5 Å². The van der Waals surface area contributed by atoms with Gasteiger partial charge in [-0.2, -0.15) is 0 Å². The van der Waals surface area contributed by atoms with Gasteiger partial charge in [0.25, 0.3) is 0 Å². The minimum Gasteiger partial charge on any atom is -0.368 e. The molecule has 3 N–H and O–H groups in total. The number of rotatable bonds is 5. The summed E-state index contributed by atoms with van der Waals surface area (Å²) in [6, 6.07) is 9.19. The Labute approximate surface area is 149 Å². The molecule has 5 heteroatoms. The average Bonchev–Trinajstić information content (AvgIpc) is 3.01. The molecule has 1 aromatic heterocycles. The quantitative estimate of drug-likeness (QED) is 0.879. The molecule has 0 saturated heterocycles. The number of carbonyl (C=O) groups is 1. The molecule has 5 nitrogen and oxygen atoms in total. The highest BCUT2D eigenvalue weighted by Crippen LogP contribution is 2.30. The molecular weight excluding hydrogens is 312 g/mol. The monoisotopic (exact) mass is 340 g/mol. The fourth-order valence-electron chi connectivity index (χ4n) is 3.42. The molecule has 0 radical (unpaired) electrons. The van der Waals surface area contributed by atoms with Crippen molar-refractivity contribution in [1.29, 1.82) is 0 Å². The van der Waals surface area contributed by atoms with E-state index in [4.69, 9.17) is 10.7 Å². The lowest BCUT2D eigenvalue weighted by Gasteiger charge is -2.25. The molecule has 25 heavy (non-hydrogen) atoms. The Kier molecular flexibility index (Phi) is 4.95. The summed E-state index contributed by atoms with van der Waals surface area (Å²) in [5, 5.41) is 3.37. The van der Waals surface area contributed by atoms with Crippen molar-refractivity contribution in [3.63, 3.8) is 0 Å². The predicted octanol–water partition coefficient (Wildman–Crippen LogP) is 2.87. The first kappa shape index (κ1) is 17.7. The largest absolute Gasteiger partial charge is 0.368 e. The van der Waals surface area contributed by atoms with Crippen LogP contribution in [0.5, 0.6) is 0 Å². The number of imidazole rings is 1. The van der Waals surface area contributed by atoms with Gasteiger partial charge < -0.3 is 15.6 Å². The number of hydrogen-bond donors (Lipinski definition) is 2. The van der Waals surface area contributed by atoms with E-state index in [-0.39, 0.29) is 11.3 Å². The number of hydrogen-bond acceptors (Lipinski definition) is 3. The molecule has 0 aliphatic carbocycles. The number of primary amides is 1. The molecule has 3 rings (SSSR count). The molecule has 1 aromatic carbocycles. The minimum atomic E-state index is -0.464. The summed E-state index contributed by atoms with van der Waals surface area (Å²) in [6.45, 7) is 8.28. The summed E-state index contributed by atoms with van der Waals surface area (Å²) in [6.07, 6.45) is 4.39. The highest BCUT2D eigenvalue weighted by atomic mass is 16.1. The summed E-state index contributed by atoms with van der Waals surface area (Å²) in [5.74, 6) is 1.08. The average molecular weight is 340 g/mol. The molecule has 0 saturated carbocycles. The predicted molar refractivity (Wildman–Crippen MR) is 99.3 cm³/mol. The van der Waals surface area contributed by atoms with Gasteiger partial charge in [0.05, 0.1) is 5.69 Å². The number of nitrogens with one attached hydrogen (secondary N) is 1. The van der Waals surface area contributed by atoms with Crippen molar-refractivity contribution in [3.8, 4) is 0 Å². The molecule has 1 aliphatic rings. The van der Waals surface area contributed by atoms with Crippen LogP contribution in [0.1, 0.15) is 62.7 Å². The highest BCUT2D eigenvalue weighted by Gasteiger charge is 2.28. The Bertz CT molecular complexity index is 730. The van der Waals surface area contributed by atoms with Crippen LogP contribution in [0.3, 0.4) is 0 Å². The number of aromatic nitrogens is 2. The van der Waals surface area contributed by atoms with Crippen molar-refractivity contribution in [2.24, 2.45) is 5.73 Å². The van der Waals surface area contributed by atoms with Crippen LogP contribution in [-0.2, 0) is 16.8 Å². The molecule has 0 spiro atoms. The van der Waals surface area contributed by atoms with Crippen molar-refractivity contribution < 1.29 is 4.79 Å².